The van der Waals surface area contributed by atoms with Crippen LogP contribution in [-0.4, -0.2) is 44.9 Å². The van der Waals surface area contributed by atoms with Crippen molar-refractivity contribution in [2.75, 3.05) is 25.5 Å². The molecule has 0 amide bonds. The normalized spacial score (nSPS) is 17.6. The maximum atomic E-state index is 5.93. The molecule has 0 aliphatic carbocycles. The lowest BCUT2D eigenvalue weighted by Crippen LogP contribution is -2.28. The molecule has 0 spiro atoms. The number of likely N-dealkylation sites (tertiary alicyclic amines) is 1. The molecule has 114 valence electrons. The van der Waals surface area contributed by atoms with Crippen LogP contribution < -0.4 is 0 Å². The summed E-state index contributed by atoms with van der Waals surface area (Å²) in [6.07, 6.45) is 7.20. The number of imidazole rings is 1. The average molecular weight is 307 g/mol. The van der Waals surface area contributed by atoms with Crippen molar-refractivity contribution in [3.05, 3.63) is 24.3 Å². The van der Waals surface area contributed by atoms with E-state index in [1.165, 1.54) is 38.0 Å². The van der Waals surface area contributed by atoms with Crippen LogP contribution in [0.15, 0.2) is 18.5 Å². The summed E-state index contributed by atoms with van der Waals surface area (Å²) in [4.78, 5) is 11.4. The zero-order valence-corrected chi connectivity index (χ0v) is 13.4. The maximum absolute atomic E-state index is 5.93. The van der Waals surface area contributed by atoms with Crippen molar-refractivity contribution < 1.29 is 0 Å². The molecule has 1 unspecified atom stereocenters. The first-order chi connectivity index (χ1) is 10.3. The third kappa shape index (κ3) is 3.38. The van der Waals surface area contributed by atoms with Gasteiger partial charge in [-0.15, -0.1) is 11.6 Å². The highest BCUT2D eigenvalue weighted by Crippen LogP contribution is 2.19. The molecule has 3 heterocycles. The van der Waals surface area contributed by atoms with Gasteiger partial charge in [0.1, 0.15) is 11.3 Å². The Bertz CT molecular complexity index is 589. The first kappa shape index (κ1) is 14.8. The number of halogens is 1. The van der Waals surface area contributed by atoms with Gasteiger partial charge in [0.25, 0.3) is 0 Å². The summed E-state index contributed by atoms with van der Waals surface area (Å²) in [5, 5.41) is 0. The first-order valence-electron chi connectivity index (χ1n) is 7.85. The van der Waals surface area contributed by atoms with Crippen molar-refractivity contribution in [3.8, 4) is 0 Å². The van der Waals surface area contributed by atoms with Crippen LogP contribution in [0, 0.1) is 5.92 Å². The Morgan fingerprint density at radius 2 is 2.10 bits per heavy atom. The zero-order valence-electron chi connectivity index (χ0n) is 12.6. The van der Waals surface area contributed by atoms with Crippen LogP contribution in [0.1, 0.15) is 25.6 Å². The second-order valence-corrected chi connectivity index (χ2v) is 6.43. The lowest BCUT2D eigenvalue weighted by atomic mass is 10.1. The fraction of sp³-hybridized carbons (Fsp3) is 0.625. The average Bonchev–Trinajstić information content (AvgIpc) is 3.08. The van der Waals surface area contributed by atoms with Crippen molar-refractivity contribution >= 4 is 22.6 Å². The molecule has 0 radical (unpaired) electrons. The van der Waals surface area contributed by atoms with Gasteiger partial charge in [0.15, 0.2) is 0 Å². The smallest absolute Gasteiger partial charge is 0.111 e. The second-order valence-electron chi connectivity index (χ2n) is 6.05. The summed E-state index contributed by atoms with van der Waals surface area (Å²) < 4.78 is 2.33. The van der Waals surface area contributed by atoms with Gasteiger partial charge in [-0.25, -0.2) is 4.98 Å². The van der Waals surface area contributed by atoms with E-state index in [0.717, 1.165) is 24.3 Å². The minimum atomic E-state index is 0.608. The molecule has 3 rings (SSSR count). The van der Waals surface area contributed by atoms with Crippen molar-refractivity contribution in [2.45, 2.75) is 32.7 Å². The lowest BCUT2D eigenvalue weighted by Gasteiger charge is -2.21. The van der Waals surface area contributed by atoms with Crippen LogP contribution in [0.4, 0.5) is 0 Å². The summed E-state index contributed by atoms with van der Waals surface area (Å²) in [6, 6.07) is 2.06. The molecule has 5 heteroatoms. The van der Waals surface area contributed by atoms with E-state index in [4.69, 9.17) is 11.6 Å². The van der Waals surface area contributed by atoms with E-state index in [1.807, 2.05) is 12.4 Å². The Hall–Kier alpha value is -1.13. The van der Waals surface area contributed by atoms with Crippen LogP contribution in [0.2, 0.25) is 0 Å². The molecule has 4 nitrogen and oxygen atoms in total. The number of hydrogen-bond donors (Lipinski definition) is 0. The third-order valence-electron chi connectivity index (χ3n) is 4.21. The number of rotatable bonds is 6. The molecule has 1 saturated heterocycles. The van der Waals surface area contributed by atoms with Gasteiger partial charge >= 0.3 is 0 Å². The van der Waals surface area contributed by atoms with Crippen molar-refractivity contribution in [1.82, 2.24) is 19.4 Å². The molecule has 1 aliphatic heterocycles. The Morgan fingerprint density at radius 3 is 2.86 bits per heavy atom. The number of hydrogen-bond acceptors (Lipinski definition) is 3. The molecule has 2 aromatic rings. The number of aromatic nitrogens is 3. The van der Waals surface area contributed by atoms with E-state index < -0.39 is 0 Å². The van der Waals surface area contributed by atoms with Gasteiger partial charge < -0.3 is 9.47 Å². The topological polar surface area (TPSA) is 34.0 Å². The number of pyridine rings is 1. The highest BCUT2D eigenvalue weighted by atomic mass is 35.5. The number of nitrogens with zero attached hydrogens (tertiary/aromatic N) is 4. The summed E-state index contributed by atoms with van der Waals surface area (Å²) in [5.41, 5.74) is 2.16. The van der Waals surface area contributed by atoms with Gasteiger partial charge in [0, 0.05) is 31.6 Å². The molecule has 2 aromatic heterocycles. The number of aryl methyl sites for hydroxylation is 1. The predicted molar refractivity (Wildman–Crippen MR) is 86.8 cm³/mol. The van der Waals surface area contributed by atoms with Crippen LogP contribution in [0.5, 0.6) is 0 Å². The monoisotopic (exact) mass is 306 g/mol. The largest absolute Gasteiger partial charge is 0.328 e. The van der Waals surface area contributed by atoms with Gasteiger partial charge in [0.05, 0.1) is 11.7 Å². The zero-order chi connectivity index (χ0) is 14.7. The van der Waals surface area contributed by atoms with E-state index in [2.05, 4.69) is 32.4 Å². The SMILES string of the molecule is CC(CN1CCCC1)Cn1c(CCCl)nc2cnccc21. The third-order valence-corrected chi connectivity index (χ3v) is 4.40. The lowest BCUT2D eigenvalue weighted by molar-refractivity contribution is 0.272. The molecule has 1 atom stereocenters. The fourth-order valence-electron chi connectivity index (χ4n) is 3.29. The standard InChI is InChI=1S/C16H23ClN4/c1-13(11-20-8-2-3-9-20)12-21-15-5-7-18-10-14(15)19-16(21)4-6-17/h5,7,10,13H,2-4,6,8-9,11-12H2,1H3. The van der Waals surface area contributed by atoms with Gasteiger partial charge in [-0.05, 0) is 37.9 Å². The van der Waals surface area contributed by atoms with Gasteiger partial charge in [0.2, 0.25) is 0 Å². The van der Waals surface area contributed by atoms with E-state index in [1.54, 1.807) is 0 Å². The fourth-order valence-corrected chi connectivity index (χ4v) is 3.46. The number of fused-ring (bicyclic) bond motifs is 1. The Balaban J connectivity index is 1.78. The molecule has 0 aromatic carbocycles. The first-order valence-corrected chi connectivity index (χ1v) is 8.39. The van der Waals surface area contributed by atoms with Gasteiger partial charge in [-0.2, -0.15) is 0 Å². The van der Waals surface area contributed by atoms with Crippen LogP contribution in [0.3, 0.4) is 0 Å². The predicted octanol–water partition coefficient (Wildman–Crippen LogP) is 2.94. The minimum absolute atomic E-state index is 0.608. The minimum Gasteiger partial charge on any atom is -0.328 e. The van der Waals surface area contributed by atoms with Crippen LogP contribution >= 0.6 is 11.6 Å². The number of alkyl halides is 1. The molecule has 0 N–H and O–H groups in total. The van der Waals surface area contributed by atoms with Gasteiger partial charge in [-0.3, -0.25) is 4.98 Å². The van der Waals surface area contributed by atoms with E-state index >= 15 is 0 Å². The highest BCUT2D eigenvalue weighted by Gasteiger charge is 2.17. The Morgan fingerprint density at radius 1 is 1.29 bits per heavy atom. The summed E-state index contributed by atoms with van der Waals surface area (Å²) in [6.45, 7) is 7.02. The van der Waals surface area contributed by atoms with Gasteiger partial charge in [-0.1, -0.05) is 6.92 Å². The maximum Gasteiger partial charge on any atom is 0.111 e. The molecule has 1 fully saturated rings. The van der Waals surface area contributed by atoms with Crippen LogP contribution in [0.25, 0.3) is 11.0 Å². The molecule has 1 aliphatic rings. The molecule has 0 bridgehead atoms. The molecular formula is C16H23ClN4. The van der Waals surface area contributed by atoms with Crippen molar-refractivity contribution in [1.29, 1.82) is 0 Å². The van der Waals surface area contributed by atoms with Crippen molar-refractivity contribution in [2.24, 2.45) is 5.92 Å². The Kier molecular flexibility index (Phi) is 4.76. The summed E-state index contributed by atoms with van der Waals surface area (Å²) in [5.74, 6) is 2.31. The van der Waals surface area contributed by atoms with E-state index in [9.17, 15) is 0 Å². The van der Waals surface area contributed by atoms with E-state index in [-0.39, 0.29) is 0 Å². The Labute approximate surface area is 131 Å². The molecule has 21 heavy (non-hydrogen) atoms. The van der Waals surface area contributed by atoms with Crippen LogP contribution in [-0.2, 0) is 13.0 Å². The van der Waals surface area contributed by atoms with Crippen molar-refractivity contribution in [3.63, 3.8) is 0 Å². The highest BCUT2D eigenvalue weighted by molar-refractivity contribution is 6.17. The van der Waals surface area contributed by atoms with E-state index in [0.29, 0.717) is 11.8 Å². The summed E-state index contributed by atoms with van der Waals surface area (Å²) in [7, 11) is 0. The molecule has 0 saturated carbocycles. The molecular weight excluding hydrogens is 284 g/mol. The quantitative estimate of drug-likeness (QED) is 0.770. The second kappa shape index (κ2) is 6.75. The summed E-state index contributed by atoms with van der Waals surface area (Å²) >= 11 is 5.93.